The van der Waals surface area contributed by atoms with E-state index in [1.54, 1.807) is 0 Å². The molecular weight excluding hydrogens is 312 g/mol. The summed E-state index contributed by atoms with van der Waals surface area (Å²) in [5.74, 6) is -3.18. The summed E-state index contributed by atoms with van der Waals surface area (Å²) in [6, 6.07) is 1.76. The summed E-state index contributed by atoms with van der Waals surface area (Å²) in [6.45, 7) is 0. The molecule has 4 nitrogen and oxygen atoms in total. The number of halogens is 3. The number of carbonyl (C=O) groups excluding carboxylic acids is 1. The van der Waals surface area contributed by atoms with Gasteiger partial charge in [-0.05, 0) is 28.4 Å². The van der Waals surface area contributed by atoms with Crippen molar-refractivity contribution in [2.24, 2.45) is 0 Å². The van der Waals surface area contributed by atoms with Crippen molar-refractivity contribution in [1.29, 1.82) is 0 Å². The molecule has 1 amide bonds. The lowest BCUT2D eigenvalue weighted by molar-refractivity contribution is -0.137. The zero-order chi connectivity index (χ0) is 13.7. The van der Waals surface area contributed by atoms with Crippen LogP contribution in [0.15, 0.2) is 16.6 Å². The van der Waals surface area contributed by atoms with Crippen molar-refractivity contribution in [2.45, 2.75) is 19.3 Å². The highest BCUT2D eigenvalue weighted by Crippen LogP contribution is 2.23. The molecule has 2 N–H and O–H groups in total. The second-order valence-corrected chi connectivity index (χ2v) is 4.40. The summed E-state index contributed by atoms with van der Waals surface area (Å²) < 4.78 is 26.2. The number of nitrogens with one attached hydrogen (secondary N) is 1. The van der Waals surface area contributed by atoms with Gasteiger partial charge in [0.2, 0.25) is 5.91 Å². The van der Waals surface area contributed by atoms with Crippen molar-refractivity contribution in [1.82, 2.24) is 0 Å². The van der Waals surface area contributed by atoms with Gasteiger partial charge in [-0.25, -0.2) is 8.78 Å². The van der Waals surface area contributed by atoms with Gasteiger partial charge >= 0.3 is 5.97 Å². The molecule has 0 radical (unpaired) electrons. The zero-order valence-electron chi connectivity index (χ0n) is 9.17. The van der Waals surface area contributed by atoms with Crippen molar-refractivity contribution < 1.29 is 23.5 Å². The molecule has 0 aliphatic rings. The average molecular weight is 322 g/mol. The van der Waals surface area contributed by atoms with Crippen molar-refractivity contribution in [2.75, 3.05) is 5.32 Å². The molecular formula is C11H10BrF2NO3. The Bertz CT molecular complexity index is 480. The van der Waals surface area contributed by atoms with E-state index in [0.29, 0.717) is 6.07 Å². The molecule has 0 heterocycles. The molecule has 98 valence electrons. The smallest absolute Gasteiger partial charge is 0.303 e. The second kappa shape index (κ2) is 6.44. The van der Waals surface area contributed by atoms with E-state index in [9.17, 15) is 18.4 Å². The number of hydrogen-bond donors (Lipinski definition) is 2. The molecule has 0 fully saturated rings. The highest BCUT2D eigenvalue weighted by molar-refractivity contribution is 9.10. The van der Waals surface area contributed by atoms with E-state index in [1.165, 1.54) is 0 Å². The molecule has 7 heteroatoms. The van der Waals surface area contributed by atoms with E-state index in [-0.39, 0.29) is 29.4 Å². The monoisotopic (exact) mass is 321 g/mol. The number of anilines is 1. The molecule has 0 aliphatic carbocycles. The van der Waals surface area contributed by atoms with Gasteiger partial charge in [-0.3, -0.25) is 9.59 Å². The van der Waals surface area contributed by atoms with E-state index in [0.717, 1.165) is 6.07 Å². The highest BCUT2D eigenvalue weighted by Gasteiger charge is 2.11. The standard InChI is InChI=1S/C11H10BrF2NO3/c12-6-4-9(8(14)5-7(6)13)15-10(16)2-1-3-11(17)18/h4-5H,1-3H2,(H,15,16)(H,17,18). The topological polar surface area (TPSA) is 66.4 Å². The van der Waals surface area contributed by atoms with Crippen LogP contribution in [0.5, 0.6) is 0 Å². The molecule has 0 saturated heterocycles. The van der Waals surface area contributed by atoms with Gasteiger partial charge in [0.15, 0.2) is 0 Å². The predicted octanol–water partition coefficient (Wildman–Crippen LogP) is 2.92. The van der Waals surface area contributed by atoms with Crippen molar-refractivity contribution >= 4 is 33.5 Å². The molecule has 0 saturated carbocycles. The van der Waals surface area contributed by atoms with Gasteiger partial charge in [-0.2, -0.15) is 0 Å². The fourth-order valence-electron chi connectivity index (χ4n) is 1.23. The van der Waals surface area contributed by atoms with Gasteiger partial charge in [0, 0.05) is 18.9 Å². The number of carboxylic acid groups (broad SMARTS) is 1. The van der Waals surface area contributed by atoms with E-state index < -0.39 is 23.5 Å². The van der Waals surface area contributed by atoms with Gasteiger partial charge in [-0.1, -0.05) is 0 Å². The van der Waals surface area contributed by atoms with Crippen LogP contribution < -0.4 is 5.32 Å². The first kappa shape index (κ1) is 14.6. The lowest BCUT2D eigenvalue weighted by Crippen LogP contribution is -2.13. The second-order valence-electron chi connectivity index (χ2n) is 3.54. The van der Waals surface area contributed by atoms with Crippen LogP contribution in [0.3, 0.4) is 0 Å². The highest BCUT2D eigenvalue weighted by atomic mass is 79.9. The van der Waals surface area contributed by atoms with E-state index >= 15 is 0 Å². The van der Waals surface area contributed by atoms with Gasteiger partial charge in [-0.15, -0.1) is 0 Å². The molecule has 0 aromatic heterocycles. The summed E-state index contributed by atoms with van der Waals surface area (Å²) in [5, 5.41) is 10.6. The molecule has 1 rings (SSSR count). The summed E-state index contributed by atoms with van der Waals surface area (Å²) in [5.41, 5.74) is -0.149. The van der Waals surface area contributed by atoms with Crippen LogP contribution in [0.1, 0.15) is 19.3 Å². The molecule has 0 spiro atoms. The molecule has 0 unspecified atom stereocenters. The average Bonchev–Trinajstić information content (AvgIpc) is 2.25. The minimum absolute atomic E-state index is 0.0322. The van der Waals surface area contributed by atoms with Crippen LogP contribution in [-0.4, -0.2) is 17.0 Å². The number of aliphatic carboxylic acids is 1. The SMILES string of the molecule is O=C(O)CCCC(=O)Nc1cc(Br)c(F)cc1F. The Morgan fingerprint density at radius 1 is 1.22 bits per heavy atom. The number of amides is 1. The van der Waals surface area contributed by atoms with Crippen molar-refractivity contribution in [3.63, 3.8) is 0 Å². The lowest BCUT2D eigenvalue weighted by Gasteiger charge is -2.07. The summed E-state index contributed by atoms with van der Waals surface area (Å²) in [6.07, 6.45) is -0.0189. The Balaban J connectivity index is 2.59. The maximum atomic E-state index is 13.3. The largest absolute Gasteiger partial charge is 0.481 e. The van der Waals surface area contributed by atoms with E-state index in [4.69, 9.17) is 5.11 Å². The van der Waals surface area contributed by atoms with Gasteiger partial charge in [0.05, 0.1) is 10.2 Å². The Hall–Kier alpha value is -1.50. The van der Waals surface area contributed by atoms with Crippen LogP contribution in [0, 0.1) is 11.6 Å². The zero-order valence-corrected chi connectivity index (χ0v) is 10.8. The Morgan fingerprint density at radius 2 is 1.89 bits per heavy atom. The number of hydrogen-bond acceptors (Lipinski definition) is 2. The van der Waals surface area contributed by atoms with Crippen LogP contribution >= 0.6 is 15.9 Å². The van der Waals surface area contributed by atoms with E-state index in [1.807, 2.05) is 0 Å². The Labute approximate surface area is 110 Å². The van der Waals surface area contributed by atoms with Crippen LogP contribution in [0.25, 0.3) is 0 Å². The molecule has 1 aromatic rings. The Kier molecular flexibility index (Phi) is 5.21. The third-order valence-electron chi connectivity index (χ3n) is 2.08. The maximum absolute atomic E-state index is 13.3. The lowest BCUT2D eigenvalue weighted by atomic mass is 10.2. The summed E-state index contributed by atoms with van der Waals surface area (Å²) in [4.78, 5) is 21.6. The fourth-order valence-corrected chi connectivity index (χ4v) is 1.57. The van der Waals surface area contributed by atoms with Gasteiger partial charge in [0.25, 0.3) is 0 Å². The quantitative estimate of drug-likeness (QED) is 0.819. The first-order valence-corrected chi connectivity index (χ1v) is 5.85. The maximum Gasteiger partial charge on any atom is 0.303 e. The predicted molar refractivity (Wildman–Crippen MR) is 64.2 cm³/mol. The minimum Gasteiger partial charge on any atom is -0.481 e. The number of carboxylic acids is 1. The number of rotatable bonds is 5. The van der Waals surface area contributed by atoms with Crippen LogP contribution in [0.4, 0.5) is 14.5 Å². The molecule has 18 heavy (non-hydrogen) atoms. The van der Waals surface area contributed by atoms with Gasteiger partial charge in [0.1, 0.15) is 11.6 Å². The third-order valence-corrected chi connectivity index (χ3v) is 2.69. The molecule has 1 aromatic carbocycles. The number of benzene rings is 1. The molecule has 0 atom stereocenters. The van der Waals surface area contributed by atoms with Gasteiger partial charge < -0.3 is 10.4 Å². The fraction of sp³-hybridized carbons (Fsp3) is 0.273. The third kappa shape index (κ3) is 4.40. The van der Waals surface area contributed by atoms with Crippen molar-refractivity contribution in [3.8, 4) is 0 Å². The molecule has 0 aliphatic heterocycles. The van der Waals surface area contributed by atoms with Crippen molar-refractivity contribution in [3.05, 3.63) is 28.2 Å². The number of carbonyl (C=O) groups is 2. The summed E-state index contributed by atoms with van der Waals surface area (Å²) in [7, 11) is 0. The minimum atomic E-state index is -1.00. The molecule has 0 bridgehead atoms. The normalized spacial score (nSPS) is 10.2. The van der Waals surface area contributed by atoms with E-state index in [2.05, 4.69) is 21.2 Å². The van der Waals surface area contributed by atoms with Crippen LogP contribution in [0.2, 0.25) is 0 Å². The van der Waals surface area contributed by atoms with Crippen LogP contribution in [-0.2, 0) is 9.59 Å². The first-order chi connectivity index (χ1) is 8.40. The summed E-state index contributed by atoms with van der Waals surface area (Å²) >= 11 is 2.87. The first-order valence-electron chi connectivity index (χ1n) is 5.06. The Morgan fingerprint density at radius 3 is 2.50 bits per heavy atom.